The molecule has 90 valence electrons. The van der Waals surface area contributed by atoms with Crippen molar-refractivity contribution in [1.82, 2.24) is 5.32 Å². The Hall–Kier alpha value is -0.460. The summed E-state index contributed by atoms with van der Waals surface area (Å²) >= 11 is 1.43. The fourth-order valence-corrected chi connectivity index (χ4v) is 1.43. The van der Waals surface area contributed by atoms with Crippen molar-refractivity contribution in [2.45, 2.75) is 32.2 Å². The summed E-state index contributed by atoms with van der Waals surface area (Å²) in [6.45, 7) is 3.36. The van der Waals surface area contributed by atoms with Gasteiger partial charge in [-0.2, -0.15) is 20.5 Å². The van der Waals surface area contributed by atoms with E-state index in [-0.39, 0.29) is 0 Å². The van der Waals surface area contributed by atoms with Crippen LogP contribution in [0.15, 0.2) is 0 Å². The highest BCUT2D eigenvalue weighted by atomic mass is 32.2. The molecule has 7 heteroatoms. The van der Waals surface area contributed by atoms with Crippen LogP contribution in [-0.2, 0) is 4.79 Å². The lowest BCUT2D eigenvalue weighted by Crippen LogP contribution is -2.48. The van der Waals surface area contributed by atoms with Crippen molar-refractivity contribution in [3.05, 3.63) is 0 Å². The maximum atomic E-state index is 12.5. The third kappa shape index (κ3) is 4.72. The molecule has 0 spiro atoms. The van der Waals surface area contributed by atoms with Crippen LogP contribution in [0.4, 0.5) is 17.6 Å². The molecule has 0 bridgehead atoms. The van der Waals surface area contributed by atoms with Crippen LogP contribution in [0.5, 0.6) is 0 Å². The average molecular weight is 247 g/mol. The summed E-state index contributed by atoms with van der Waals surface area (Å²) in [6, 6.07) is -0.549. The van der Waals surface area contributed by atoms with Crippen molar-refractivity contribution in [1.29, 1.82) is 0 Å². The Morgan fingerprint density at radius 3 is 2.40 bits per heavy atom. The number of nitrogens with one attached hydrogen (secondary N) is 1. The summed E-state index contributed by atoms with van der Waals surface area (Å²) in [5, 5.41) is 1.85. The first-order valence-corrected chi connectivity index (χ1v) is 5.52. The molecule has 1 amide bonds. The summed E-state index contributed by atoms with van der Waals surface area (Å²) < 4.78 is 48.4. The molecule has 0 rings (SSSR count). The molecular formula is C8H13F4NOS. The lowest BCUT2D eigenvalue weighted by molar-refractivity contribution is -0.169. The number of thioether (sulfide) groups is 1. The molecule has 0 aromatic rings. The predicted molar refractivity (Wildman–Crippen MR) is 51.6 cm³/mol. The zero-order valence-corrected chi connectivity index (χ0v) is 9.21. The van der Waals surface area contributed by atoms with Crippen LogP contribution >= 0.6 is 11.8 Å². The zero-order valence-electron chi connectivity index (χ0n) is 8.40. The van der Waals surface area contributed by atoms with Crippen LogP contribution in [-0.4, -0.2) is 35.8 Å². The van der Waals surface area contributed by atoms with E-state index >= 15 is 0 Å². The second-order valence-electron chi connectivity index (χ2n) is 2.96. The molecule has 1 atom stereocenters. The molecule has 0 aliphatic rings. The van der Waals surface area contributed by atoms with Crippen molar-refractivity contribution in [3.8, 4) is 0 Å². The fourth-order valence-electron chi connectivity index (χ4n) is 0.755. The van der Waals surface area contributed by atoms with Gasteiger partial charge in [-0.1, -0.05) is 6.92 Å². The summed E-state index contributed by atoms with van der Waals surface area (Å²) in [4.78, 5) is 10.7. The van der Waals surface area contributed by atoms with Crippen LogP contribution in [0.2, 0.25) is 0 Å². The van der Waals surface area contributed by atoms with Gasteiger partial charge >= 0.3 is 12.3 Å². The van der Waals surface area contributed by atoms with Gasteiger partial charge in [0.1, 0.15) is 0 Å². The zero-order chi connectivity index (χ0) is 12.1. The lowest BCUT2D eigenvalue weighted by Gasteiger charge is -2.18. The Morgan fingerprint density at radius 2 is 2.00 bits per heavy atom. The number of amides is 1. The minimum absolute atomic E-state index is 0.418. The highest BCUT2D eigenvalue weighted by Gasteiger charge is 2.49. The van der Waals surface area contributed by atoms with Crippen LogP contribution < -0.4 is 5.32 Å². The Morgan fingerprint density at radius 1 is 1.47 bits per heavy atom. The quantitative estimate of drug-likeness (QED) is 0.729. The highest BCUT2D eigenvalue weighted by Crippen LogP contribution is 2.23. The molecule has 0 saturated carbocycles. The molecular weight excluding hydrogens is 234 g/mol. The number of hydrogen-bond acceptors (Lipinski definition) is 2. The third-order valence-corrected chi connectivity index (χ3v) is 2.67. The van der Waals surface area contributed by atoms with E-state index in [0.717, 1.165) is 5.75 Å². The van der Waals surface area contributed by atoms with E-state index in [4.69, 9.17) is 0 Å². The van der Waals surface area contributed by atoms with E-state index in [1.165, 1.54) is 18.7 Å². The van der Waals surface area contributed by atoms with E-state index in [9.17, 15) is 22.4 Å². The van der Waals surface area contributed by atoms with Crippen molar-refractivity contribution >= 4 is 17.7 Å². The van der Waals surface area contributed by atoms with E-state index in [2.05, 4.69) is 0 Å². The molecule has 1 unspecified atom stereocenters. The van der Waals surface area contributed by atoms with Crippen molar-refractivity contribution in [2.24, 2.45) is 0 Å². The Balaban J connectivity index is 4.12. The van der Waals surface area contributed by atoms with Crippen molar-refractivity contribution in [2.75, 3.05) is 11.5 Å². The average Bonchev–Trinajstić information content (AvgIpc) is 2.14. The molecule has 2 nitrogen and oxygen atoms in total. The molecule has 0 saturated heterocycles. The van der Waals surface area contributed by atoms with Gasteiger partial charge in [-0.15, -0.1) is 0 Å². The third-order valence-electron chi connectivity index (χ3n) is 1.53. The van der Waals surface area contributed by atoms with Crippen LogP contribution in [0.3, 0.4) is 0 Å². The van der Waals surface area contributed by atoms with Crippen LogP contribution in [0.25, 0.3) is 0 Å². The van der Waals surface area contributed by atoms with E-state index in [1.807, 2.05) is 12.2 Å². The molecule has 0 aliphatic carbocycles. The minimum Gasteiger partial charge on any atom is -0.347 e. The number of rotatable bonds is 6. The topological polar surface area (TPSA) is 29.1 Å². The Kier molecular flexibility index (Phi) is 6.00. The first-order valence-electron chi connectivity index (χ1n) is 4.37. The van der Waals surface area contributed by atoms with E-state index in [1.54, 1.807) is 0 Å². The standard InChI is InChI=1S/C8H13F4NOS/c1-3-15-4-5(2)13-7(14)8(11,12)6(9)10/h5-6H,3-4H2,1-2H3,(H,13,14). The maximum Gasteiger partial charge on any atom is 0.383 e. The number of halogens is 4. The van der Waals surface area contributed by atoms with Crippen molar-refractivity contribution < 1.29 is 22.4 Å². The van der Waals surface area contributed by atoms with Crippen molar-refractivity contribution in [3.63, 3.8) is 0 Å². The van der Waals surface area contributed by atoms with Gasteiger partial charge in [0, 0.05) is 11.8 Å². The van der Waals surface area contributed by atoms with Gasteiger partial charge in [0.05, 0.1) is 0 Å². The number of alkyl halides is 4. The highest BCUT2D eigenvalue weighted by molar-refractivity contribution is 7.99. The molecule has 0 aromatic heterocycles. The number of hydrogen-bond donors (Lipinski definition) is 1. The molecule has 15 heavy (non-hydrogen) atoms. The van der Waals surface area contributed by atoms with Gasteiger partial charge in [0.2, 0.25) is 0 Å². The van der Waals surface area contributed by atoms with Gasteiger partial charge in [0.15, 0.2) is 0 Å². The van der Waals surface area contributed by atoms with Crippen LogP contribution in [0.1, 0.15) is 13.8 Å². The largest absolute Gasteiger partial charge is 0.383 e. The Bertz CT molecular complexity index is 213. The summed E-state index contributed by atoms with van der Waals surface area (Å²) in [7, 11) is 0. The summed E-state index contributed by atoms with van der Waals surface area (Å²) in [5.74, 6) is -5.33. The van der Waals surface area contributed by atoms with Gasteiger partial charge in [-0.25, -0.2) is 8.78 Å². The first-order chi connectivity index (χ1) is 6.82. The maximum absolute atomic E-state index is 12.5. The van der Waals surface area contributed by atoms with Gasteiger partial charge < -0.3 is 5.32 Å². The smallest absolute Gasteiger partial charge is 0.347 e. The minimum atomic E-state index is -4.61. The lowest BCUT2D eigenvalue weighted by atomic mass is 10.3. The Labute approximate surface area is 89.8 Å². The molecule has 0 radical (unpaired) electrons. The second-order valence-corrected chi connectivity index (χ2v) is 4.28. The van der Waals surface area contributed by atoms with Gasteiger partial charge in [-0.3, -0.25) is 4.79 Å². The second kappa shape index (κ2) is 6.19. The number of carbonyl (C=O) groups is 1. The monoisotopic (exact) mass is 247 g/mol. The molecule has 0 aromatic carbocycles. The summed E-state index contributed by atoms with van der Waals surface area (Å²) in [6.07, 6.45) is -3.97. The molecule has 0 heterocycles. The van der Waals surface area contributed by atoms with Gasteiger partial charge in [0.25, 0.3) is 5.91 Å². The predicted octanol–water partition coefficient (Wildman–Crippen LogP) is 2.14. The van der Waals surface area contributed by atoms with E-state index in [0.29, 0.717) is 5.75 Å². The molecule has 1 N–H and O–H groups in total. The fraction of sp³-hybridized carbons (Fsp3) is 0.875. The van der Waals surface area contributed by atoms with Crippen LogP contribution in [0, 0.1) is 0 Å². The first kappa shape index (κ1) is 14.5. The van der Waals surface area contributed by atoms with E-state index < -0.39 is 24.3 Å². The molecule has 0 aliphatic heterocycles. The summed E-state index contributed by atoms with van der Waals surface area (Å²) in [5.41, 5.74) is 0. The SMILES string of the molecule is CCSCC(C)NC(=O)C(F)(F)C(F)F. The molecule has 0 fully saturated rings. The number of carbonyl (C=O) groups excluding carboxylic acids is 1. The van der Waals surface area contributed by atoms with Gasteiger partial charge in [-0.05, 0) is 12.7 Å². The normalized spacial score (nSPS) is 14.1.